The molecule has 29 nitrogen and oxygen atoms in total. The summed E-state index contributed by atoms with van der Waals surface area (Å²) in [4.78, 5) is 131. The Morgan fingerprint density at radius 1 is 0.515 bits per heavy atom. The number of nitrogens with zero attached hydrogens (tertiary/aromatic N) is 8. The number of aryl methyl sites for hydroxylation is 4. The first-order chi connectivity index (χ1) is 64.7. The van der Waals surface area contributed by atoms with Crippen molar-refractivity contribution in [2.24, 2.45) is 21.1 Å². The van der Waals surface area contributed by atoms with Crippen molar-refractivity contribution in [2.45, 2.75) is 143 Å². The van der Waals surface area contributed by atoms with Gasteiger partial charge in [-0.2, -0.15) is 13.2 Å². The Hall–Kier alpha value is -13.0. The van der Waals surface area contributed by atoms with E-state index >= 15 is 22.0 Å². The number of fused-ring (bicyclic) bond motifs is 3. The maximum Gasteiger partial charge on any atom is 0.411 e. The number of hydrogen-bond donors (Lipinski definition) is 3. The summed E-state index contributed by atoms with van der Waals surface area (Å²) in [6.45, 7) is 20.0. The number of morpholine rings is 2. The number of alkyl halides is 3. The Labute approximate surface area is 783 Å². The zero-order valence-electron chi connectivity index (χ0n) is 77.5. The normalized spacial score (nSPS) is 16.5. The number of carbonyl (C=O) groups excluding carboxylic acids is 6. The summed E-state index contributed by atoms with van der Waals surface area (Å²) in [7, 11) is 8.53. The maximum atomic E-state index is 15.4. The number of carbonyl (C=O) groups is 6. The number of hydrogen-bond acceptors (Lipinski definition) is 23. The highest BCUT2D eigenvalue weighted by Gasteiger charge is 2.46. The third-order valence-corrected chi connectivity index (χ3v) is 25.5. The van der Waals surface area contributed by atoms with Crippen molar-refractivity contribution in [3.8, 4) is 50.9 Å². The second-order valence-electron chi connectivity index (χ2n) is 34.1. The molecule has 724 valence electrons. The Balaban J connectivity index is 0.000000173. The number of pyridine rings is 1. The molecule has 38 heteroatoms. The van der Waals surface area contributed by atoms with Crippen LogP contribution in [0.1, 0.15) is 125 Å². The molecular formula is C98H106ClF8N11O18. The van der Waals surface area contributed by atoms with E-state index in [2.05, 4.69) is 32.5 Å². The number of rotatable bonds is 21. The fourth-order valence-corrected chi connectivity index (χ4v) is 17.8. The van der Waals surface area contributed by atoms with Crippen LogP contribution in [0.4, 0.5) is 52.2 Å². The van der Waals surface area contributed by atoms with Crippen LogP contribution < -0.4 is 61.5 Å². The van der Waals surface area contributed by atoms with Gasteiger partial charge in [0.25, 0.3) is 34.4 Å². The number of ether oxygens (including phenoxy) is 9. The van der Waals surface area contributed by atoms with E-state index in [0.717, 1.165) is 93.3 Å². The van der Waals surface area contributed by atoms with Crippen LogP contribution in [0.5, 0.6) is 17.2 Å². The Kier molecular flexibility index (Phi) is 31.7. The number of methoxy groups -OCH3 is 3. The minimum absolute atomic E-state index is 0.00807. The van der Waals surface area contributed by atoms with E-state index in [-0.39, 0.29) is 78.0 Å². The second-order valence-corrected chi connectivity index (χ2v) is 34.5. The van der Waals surface area contributed by atoms with Crippen LogP contribution in [-0.2, 0) is 102 Å². The molecule has 9 heterocycles. The average Bonchev–Trinajstić information content (AvgIpc) is 0.881. The molecule has 15 rings (SSSR count). The third kappa shape index (κ3) is 21.8. The maximum absolute atomic E-state index is 15.4. The minimum Gasteiger partial charge on any atom is -0.493 e. The average molecular weight is 1910 g/mol. The fraction of sp³-hybridized carbons (Fsp3) is 0.418. The van der Waals surface area contributed by atoms with Gasteiger partial charge in [0, 0.05) is 124 Å². The summed E-state index contributed by atoms with van der Waals surface area (Å²) in [6.07, 6.45) is -1.07. The van der Waals surface area contributed by atoms with Crippen LogP contribution in [0.2, 0.25) is 5.02 Å². The molecule has 3 aromatic heterocycles. The summed E-state index contributed by atoms with van der Waals surface area (Å²) in [6, 6.07) is 12.8. The van der Waals surface area contributed by atoms with Crippen molar-refractivity contribution < 1.29 is 107 Å². The number of aromatic nitrogens is 5. The van der Waals surface area contributed by atoms with Crippen LogP contribution in [0.25, 0.3) is 33.6 Å². The Bertz CT molecular complexity index is 6310. The Morgan fingerprint density at radius 2 is 0.919 bits per heavy atom. The molecule has 3 amide bonds. The summed E-state index contributed by atoms with van der Waals surface area (Å²) >= 11 is 6.28. The lowest BCUT2D eigenvalue weighted by molar-refractivity contribution is -0.167. The van der Waals surface area contributed by atoms with E-state index in [9.17, 15) is 56.3 Å². The van der Waals surface area contributed by atoms with Crippen LogP contribution in [0, 0.1) is 70.6 Å². The molecule has 5 atom stereocenters. The van der Waals surface area contributed by atoms with Gasteiger partial charge in [-0.1, -0.05) is 42.4 Å². The highest BCUT2D eigenvalue weighted by atomic mass is 35.5. The standard InChI is InChI=1S/C33H34ClF4N3O6.C33H36F2N4O6.C32H36F2N4O6/c1-17-12-18(2)40(3)31(43)27(17)22-8-7-19(21-6-5-10-47-29(21)22)13-25(32(44)45-4)39-30(42)28-23(34)14-20(15-24(28)35)41-9-11-46-16-26(41)33(36,37)38;1-18-16-39(10-12-44-17-18)22-14-25(34)28(26(35)15-22)31(40)37-27(33(42)43-5)13-21-8-9-24(30-23(21)7-6-11-45-30)29-32(41)38(4)20(3)19(2)36-29;1-17-16-38(10-12-43-17)21-14-24(33)27(25(34)15-21)30(39)36-26(32(41)42-5)13-20-8-9-23(29-22(20)7-6-11-44-29)28-31(40)37(4)19(3)18(2)35-28/h7-8,12,14-15,25-26H,5-6,9-11,13,16H2,1-4H3,(H,39,42);8-9,14-15,27H,1,6-7,10-13,16-17H2,2-5H3,(H,37,40);8-9,14-15,17,26H,6-7,10-13,16H2,1-5H3,(H,36,39)/t25-,26+;27-;17-,26-/m000/s1. The molecule has 9 aromatic rings. The van der Waals surface area contributed by atoms with Gasteiger partial charge in [-0.15, -0.1) is 0 Å². The largest absolute Gasteiger partial charge is 0.493 e. The lowest BCUT2D eigenvalue weighted by atomic mass is 9.89. The summed E-state index contributed by atoms with van der Waals surface area (Å²) in [5, 5.41) is 6.99. The van der Waals surface area contributed by atoms with Crippen molar-refractivity contribution in [2.75, 3.05) is 122 Å². The van der Waals surface area contributed by atoms with Crippen LogP contribution in [0.15, 0.2) is 105 Å². The van der Waals surface area contributed by atoms with Crippen molar-refractivity contribution >= 4 is 64.3 Å². The van der Waals surface area contributed by atoms with Crippen molar-refractivity contribution in [1.82, 2.24) is 39.6 Å². The third-order valence-electron chi connectivity index (χ3n) is 25.2. The van der Waals surface area contributed by atoms with Gasteiger partial charge in [0.05, 0.1) is 108 Å². The van der Waals surface area contributed by atoms with Gasteiger partial charge in [-0.3, -0.25) is 28.8 Å². The van der Waals surface area contributed by atoms with Gasteiger partial charge in [0.2, 0.25) is 0 Å². The molecule has 0 spiro atoms. The molecule has 0 saturated carbocycles. The summed E-state index contributed by atoms with van der Waals surface area (Å²) < 4.78 is 171. The molecule has 136 heavy (non-hydrogen) atoms. The highest BCUT2D eigenvalue weighted by molar-refractivity contribution is 6.34. The van der Waals surface area contributed by atoms with Gasteiger partial charge in [0.15, 0.2) is 0 Å². The van der Waals surface area contributed by atoms with E-state index in [1.165, 1.54) is 23.4 Å². The molecule has 3 fully saturated rings. The topological polar surface area (TPSA) is 323 Å². The van der Waals surface area contributed by atoms with Crippen molar-refractivity contribution in [1.29, 1.82) is 0 Å². The molecule has 6 aliphatic rings. The van der Waals surface area contributed by atoms with E-state index in [0.29, 0.717) is 178 Å². The summed E-state index contributed by atoms with van der Waals surface area (Å²) in [5.74, 6) is -9.52. The van der Waals surface area contributed by atoms with Gasteiger partial charge in [-0.25, -0.2) is 46.3 Å². The zero-order valence-corrected chi connectivity index (χ0v) is 78.2. The molecule has 3 saturated heterocycles. The molecular weight excluding hydrogens is 1810 g/mol. The second kappa shape index (κ2) is 42.9. The monoisotopic (exact) mass is 1910 g/mol. The van der Waals surface area contributed by atoms with Crippen LogP contribution in [-0.4, -0.2) is 203 Å². The first-order valence-corrected chi connectivity index (χ1v) is 44.6. The first kappa shape index (κ1) is 100. The number of halogens is 9. The molecule has 0 bridgehead atoms. The minimum atomic E-state index is -4.65. The molecule has 0 radical (unpaired) electrons. The SMILES string of the molecule is C=C1COCCN(c2cc(F)c(C(=O)N[C@@H](Cc3ccc(-c4nc(C)c(C)n(C)c4=O)c4c3CCCO4)C(=O)OC)c(F)c2)C1.COC(=O)[C@H](Cc1ccc(-c2c(C)cc(C)n(C)c2=O)c2c1CCCO2)NC(=O)c1c(F)cc(N2CCOC[C@@H]2C(F)(F)F)cc1Cl.COC(=O)[C@H](Cc1ccc(-c2nc(C)c(C)n(C)c2=O)c2c1CCCO2)NC(=O)c1c(F)cc(N2CCO[C@@H](C)C2)cc1F. The van der Waals surface area contributed by atoms with Crippen molar-refractivity contribution in [3.05, 3.63) is 240 Å². The molecule has 0 unspecified atom stereocenters. The van der Waals surface area contributed by atoms with Crippen molar-refractivity contribution in [3.63, 3.8) is 0 Å². The molecule has 3 N–H and O–H groups in total. The number of amides is 3. The predicted octanol–water partition coefficient (Wildman–Crippen LogP) is 12.0. The quantitative estimate of drug-likeness (QED) is 0.0260. The number of nitrogens with one attached hydrogen (secondary N) is 3. The lowest BCUT2D eigenvalue weighted by Crippen LogP contribution is -2.53. The van der Waals surface area contributed by atoms with Crippen LogP contribution in [0.3, 0.4) is 0 Å². The van der Waals surface area contributed by atoms with E-state index < -0.39 is 123 Å². The molecule has 6 aliphatic heterocycles. The predicted molar refractivity (Wildman–Crippen MR) is 490 cm³/mol. The first-order valence-electron chi connectivity index (χ1n) is 44.2. The van der Waals surface area contributed by atoms with E-state index in [4.69, 9.17) is 54.2 Å². The van der Waals surface area contributed by atoms with Gasteiger partial charge < -0.3 is 87.0 Å². The van der Waals surface area contributed by atoms with Gasteiger partial charge >= 0.3 is 24.1 Å². The number of esters is 3. The Morgan fingerprint density at radius 3 is 1.35 bits per heavy atom. The molecule has 0 aliphatic carbocycles. The van der Waals surface area contributed by atoms with Crippen LogP contribution >= 0.6 is 11.6 Å². The smallest absolute Gasteiger partial charge is 0.411 e. The number of benzene rings is 6. The van der Waals surface area contributed by atoms with E-state index in [1.54, 1.807) is 71.9 Å². The van der Waals surface area contributed by atoms with Gasteiger partial charge in [0.1, 0.15) is 93.0 Å². The van der Waals surface area contributed by atoms with Gasteiger partial charge in [-0.05, 0) is 186 Å². The fourth-order valence-electron chi connectivity index (χ4n) is 17.6. The summed E-state index contributed by atoms with van der Waals surface area (Å²) in [5.41, 5.74) is 9.58. The lowest BCUT2D eigenvalue weighted by Gasteiger charge is -2.38. The highest BCUT2D eigenvalue weighted by Crippen LogP contribution is 2.43. The van der Waals surface area contributed by atoms with E-state index in [1.807, 2.05) is 54.5 Å². The number of anilines is 3. The zero-order chi connectivity index (χ0) is 98.3. The molecule has 6 aromatic carbocycles.